The summed E-state index contributed by atoms with van der Waals surface area (Å²) in [5.74, 6) is 0.0799. The van der Waals surface area contributed by atoms with Crippen LogP contribution in [0.3, 0.4) is 0 Å². The van der Waals surface area contributed by atoms with Gasteiger partial charge in [0.15, 0.2) is 0 Å². The fourth-order valence-electron chi connectivity index (χ4n) is 2.69. The minimum Gasteiger partial charge on any atom is -0.353 e. The van der Waals surface area contributed by atoms with Gasteiger partial charge in [-0.2, -0.15) is 4.31 Å². The first kappa shape index (κ1) is 15.5. The third kappa shape index (κ3) is 3.67. The molecule has 6 heteroatoms. The Labute approximate surface area is 131 Å². The Morgan fingerprint density at radius 3 is 2.36 bits per heavy atom. The van der Waals surface area contributed by atoms with Crippen molar-refractivity contribution < 1.29 is 13.2 Å². The van der Waals surface area contributed by atoms with Gasteiger partial charge in [0, 0.05) is 25.6 Å². The zero-order valence-electron chi connectivity index (χ0n) is 12.6. The molecule has 0 unspecified atom stereocenters. The van der Waals surface area contributed by atoms with Crippen molar-refractivity contribution in [3.05, 3.63) is 29.8 Å². The fraction of sp³-hybridized carbons (Fsp3) is 0.562. The molecule has 0 spiro atoms. The number of sulfonamides is 1. The topological polar surface area (TPSA) is 66.5 Å². The normalized spacial score (nSPS) is 19.3. The van der Waals surface area contributed by atoms with E-state index in [1.165, 1.54) is 0 Å². The summed E-state index contributed by atoms with van der Waals surface area (Å²) in [5.41, 5.74) is 0.992. The van der Waals surface area contributed by atoms with Gasteiger partial charge in [-0.1, -0.05) is 12.1 Å². The summed E-state index contributed by atoms with van der Waals surface area (Å²) in [7, 11) is -3.34. The van der Waals surface area contributed by atoms with Crippen molar-refractivity contribution in [2.75, 3.05) is 13.1 Å². The number of nitrogens with one attached hydrogen (secondary N) is 1. The van der Waals surface area contributed by atoms with Crippen LogP contribution >= 0.6 is 0 Å². The van der Waals surface area contributed by atoms with Gasteiger partial charge in [0.2, 0.25) is 15.9 Å². The summed E-state index contributed by atoms with van der Waals surface area (Å²) >= 11 is 0. The van der Waals surface area contributed by atoms with Crippen molar-refractivity contribution in [1.82, 2.24) is 9.62 Å². The second-order valence-corrected chi connectivity index (χ2v) is 8.03. The Morgan fingerprint density at radius 1 is 1.14 bits per heavy atom. The predicted octanol–water partition coefficient (Wildman–Crippen LogP) is 1.68. The van der Waals surface area contributed by atoms with Crippen molar-refractivity contribution in [2.45, 2.75) is 49.5 Å². The molecule has 1 aliphatic carbocycles. The van der Waals surface area contributed by atoms with Crippen LogP contribution in [-0.2, 0) is 21.2 Å². The van der Waals surface area contributed by atoms with Crippen LogP contribution in [0.2, 0.25) is 0 Å². The van der Waals surface area contributed by atoms with E-state index in [-0.39, 0.29) is 5.91 Å². The summed E-state index contributed by atoms with van der Waals surface area (Å²) in [6.07, 6.45) is 5.15. The lowest BCUT2D eigenvalue weighted by atomic mass is 10.1. The number of carbonyl (C=O) groups excluding carboxylic acids is 1. The third-order valence-corrected chi connectivity index (χ3v) is 6.12. The molecular formula is C16H22N2O3S. The molecule has 2 fully saturated rings. The van der Waals surface area contributed by atoms with E-state index in [2.05, 4.69) is 5.32 Å². The van der Waals surface area contributed by atoms with Crippen LogP contribution in [0.1, 0.15) is 37.7 Å². The highest BCUT2D eigenvalue weighted by molar-refractivity contribution is 7.89. The molecule has 1 N–H and O–H groups in total. The highest BCUT2D eigenvalue weighted by atomic mass is 32.2. The van der Waals surface area contributed by atoms with Crippen LogP contribution in [0.4, 0.5) is 0 Å². The van der Waals surface area contributed by atoms with Crippen molar-refractivity contribution in [3.63, 3.8) is 0 Å². The van der Waals surface area contributed by atoms with Gasteiger partial charge in [0.1, 0.15) is 0 Å². The molecule has 5 nitrogen and oxygen atoms in total. The Hall–Kier alpha value is -1.40. The minimum absolute atomic E-state index is 0.0799. The van der Waals surface area contributed by atoms with Gasteiger partial charge in [-0.05, 0) is 49.8 Å². The summed E-state index contributed by atoms with van der Waals surface area (Å²) < 4.78 is 26.4. The smallest absolute Gasteiger partial charge is 0.243 e. The molecule has 0 radical (unpaired) electrons. The predicted molar refractivity (Wildman–Crippen MR) is 83.9 cm³/mol. The maximum Gasteiger partial charge on any atom is 0.243 e. The molecule has 120 valence electrons. The van der Waals surface area contributed by atoms with Crippen molar-refractivity contribution >= 4 is 15.9 Å². The number of carbonyl (C=O) groups is 1. The quantitative estimate of drug-likeness (QED) is 0.866. The molecular weight excluding hydrogens is 300 g/mol. The van der Waals surface area contributed by atoms with Crippen LogP contribution in [0.15, 0.2) is 29.2 Å². The van der Waals surface area contributed by atoms with Gasteiger partial charge in [-0.25, -0.2) is 8.42 Å². The Balaban J connectivity index is 1.58. The SMILES string of the molecule is O=C(CCc1ccc(S(=O)(=O)N2CCCC2)cc1)NC1CC1. The second kappa shape index (κ2) is 6.38. The molecule has 1 aliphatic heterocycles. The molecule has 1 saturated heterocycles. The van der Waals surface area contributed by atoms with E-state index >= 15 is 0 Å². The molecule has 22 heavy (non-hydrogen) atoms. The van der Waals surface area contributed by atoms with Gasteiger partial charge in [0.25, 0.3) is 0 Å². The lowest BCUT2D eigenvalue weighted by molar-refractivity contribution is -0.121. The Bertz CT molecular complexity index is 630. The van der Waals surface area contributed by atoms with E-state index in [0.29, 0.717) is 36.9 Å². The molecule has 1 amide bonds. The number of hydrogen-bond acceptors (Lipinski definition) is 3. The van der Waals surface area contributed by atoms with Crippen molar-refractivity contribution in [1.29, 1.82) is 0 Å². The molecule has 1 aromatic carbocycles. The number of hydrogen-bond donors (Lipinski definition) is 1. The van der Waals surface area contributed by atoms with E-state index < -0.39 is 10.0 Å². The minimum atomic E-state index is -3.34. The van der Waals surface area contributed by atoms with Crippen LogP contribution in [0, 0.1) is 0 Å². The summed E-state index contributed by atoms with van der Waals surface area (Å²) in [5, 5.41) is 2.96. The monoisotopic (exact) mass is 322 g/mol. The molecule has 1 heterocycles. The van der Waals surface area contributed by atoms with Crippen molar-refractivity contribution in [3.8, 4) is 0 Å². The fourth-order valence-corrected chi connectivity index (χ4v) is 4.21. The Kier molecular flexibility index (Phi) is 4.49. The highest BCUT2D eigenvalue weighted by Crippen LogP contribution is 2.21. The second-order valence-electron chi connectivity index (χ2n) is 6.10. The molecule has 3 rings (SSSR count). The molecule has 1 aromatic rings. The van der Waals surface area contributed by atoms with E-state index in [4.69, 9.17) is 0 Å². The molecule has 2 aliphatic rings. The highest BCUT2D eigenvalue weighted by Gasteiger charge is 2.27. The van der Waals surface area contributed by atoms with E-state index in [0.717, 1.165) is 31.2 Å². The van der Waals surface area contributed by atoms with Crippen LogP contribution < -0.4 is 5.32 Å². The zero-order chi connectivity index (χ0) is 15.6. The molecule has 0 atom stereocenters. The average molecular weight is 322 g/mol. The lowest BCUT2D eigenvalue weighted by Crippen LogP contribution is -2.27. The zero-order valence-corrected chi connectivity index (χ0v) is 13.4. The maximum atomic E-state index is 12.4. The van der Waals surface area contributed by atoms with Gasteiger partial charge >= 0.3 is 0 Å². The van der Waals surface area contributed by atoms with E-state index in [9.17, 15) is 13.2 Å². The standard InChI is InChI=1S/C16H22N2O3S/c19-16(17-14-6-7-14)10-5-13-3-8-15(9-4-13)22(20,21)18-11-1-2-12-18/h3-4,8-9,14H,1-2,5-7,10-12H2,(H,17,19). The number of amides is 1. The summed E-state index contributed by atoms with van der Waals surface area (Å²) in [6, 6.07) is 7.32. The van der Waals surface area contributed by atoms with Gasteiger partial charge in [0.05, 0.1) is 4.90 Å². The number of nitrogens with zero attached hydrogens (tertiary/aromatic N) is 1. The van der Waals surface area contributed by atoms with Crippen LogP contribution in [0.5, 0.6) is 0 Å². The largest absolute Gasteiger partial charge is 0.353 e. The summed E-state index contributed by atoms with van der Waals surface area (Å²) in [6.45, 7) is 1.23. The van der Waals surface area contributed by atoms with Crippen LogP contribution in [0.25, 0.3) is 0 Å². The molecule has 0 aromatic heterocycles. The first-order valence-electron chi connectivity index (χ1n) is 7.94. The van der Waals surface area contributed by atoms with Crippen molar-refractivity contribution in [2.24, 2.45) is 0 Å². The molecule has 0 bridgehead atoms. The van der Waals surface area contributed by atoms with Gasteiger partial charge < -0.3 is 5.32 Å². The van der Waals surface area contributed by atoms with E-state index in [1.807, 2.05) is 12.1 Å². The number of aryl methyl sites for hydroxylation is 1. The molecule has 1 saturated carbocycles. The van der Waals surface area contributed by atoms with E-state index in [1.54, 1.807) is 16.4 Å². The maximum absolute atomic E-state index is 12.4. The first-order chi connectivity index (χ1) is 10.6. The summed E-state index contributed by atoms with van der Waals surface area (Å²) in [4.78, 5) is 12.0. The first-order valence-corrected chi connectivity index (χ1v) is 9.38. The average Bonchev–Trinajstić information content (AvgIpc) is 3.14. The van der Waals surface area contributed by atoms with Gasteiger partial charge in [-0.3, -0.25) is 4.79 Å². The van der Waals surface area contributed by atoms with Gasteiger partial charge in [-0.15, -0.1) is 0 Å². The lowest BCUT2D eigenvalue weighted by Gasteiger charge is -2.15. The third-order valence-electron chi connectivity index (χ3n) is 4.21. The number of rotatable bonds is 6. The number of benzene rings is 1. The van der Waals surface area contributed by atoms with Crippen LogP contribution in [-0.4, -0.2) is 37.8 Å². The Morgan fingerprint density at radius 2 is 1.77 bits per heavy atom.